The van der Waals surface area contributed by atoms with Gasteiger partial charge in [0.1, 0.15) is 0 Å². The number of benzene rings is 1. The summed E-state index contributed by atoms with van der Waals surface area (Å²) in [5.41, 5.74) is 1.21. The van der Waals surface area contributed by atoms with Gasteiger partial charge in [0.25, 0.3) is 5.91 Å². The highest BCUT2D eigenvalue weighted by Crippen LogP contribution is 2.43. The zero-order chi connectivity index (χ0) is 22.5. The first-order chi connectivity index (χ1) is 15.6. The number of fused-ring (bicyclic) bond motifs is 1. The summed E-state index contributed by atoms with van der Waals surface area (Å²) in [5, 5.41) is 12.9. The zero-order valence-corrected chi connectivity index (χ0v) is 20.0. The second-order valence-corrected chi connectivity index (χ2v) is 9.83. The molecule has 0 radical (unpaired) electrons. The molecule has 1 aromatic heterocycles. The predicted octanol–water partition coefficient (Wildman–Crippen LogP) is 5.44. The van der Waals surface area contributed by atoms with Gasteiger partial charge < -0.3 is 19.5 Å². The van der Waals surface area contributed by atoms with Gasteiger partial charge in [0.15, 0.2) is 5.76 Å². The summed E-state index contributed by atoms with van der Waals surface area (Å²) in [5.74, 6) is 0.391. The minimum Gasteiger partial charge on any atom is -0.459 e. The number of hydrogen-bond donors (Lipinski definition) is 1. The molecule has 6 heteroatoms. The van der Waals surface area contributed by atoms with Crippen LogP contribution >= 0.6 is 11.3 Å². The third-order valence-corrected chi connectivity index (χ3v) is 7.92. The lowest BCUT2D eigenvalue weighted by Gasteiger charge is -2.39. The Labute approximate surface area is 195 Å². The minimum atomic E-state index is -0.501. The molecule has 0 unspecified atom stereocenters. The van der Waals surface area contributed by atoms with Crippen molar-refractivity contribution in [2.24, 2.45) is 5.92 Å². The highest BCUT2D eigenvalue weighted by molar-refractivity contribution is 7.17. The molecule has 2 aromatic rings. The van der Waals surface area contributed by atoms with Crippen LogP contribution in [0.5, 0.6) is 0 Å². The molecule has 3 atom stereocenters. The number of aliphatic hydroxyl groups is 1. The van der Waals surface area contributed by atoms with Crippen LogP contribution in [0.4, 0.5) is 0 Å². The maximum absolute atomic E-state index is 13.5. The maximum atomic E-state index is 13.5. The number of rotatable bonds is 8. The molecular weight excluding hydrogens is 422 g/mol. The highest BCUT2D eigenvalue weighted by atomic mass is 32.1. The van der Waals surface area contributed by atoms with Crippen LogP contribution < -0.4 is 0 Å². The second-order valence-electron chi connectivity index (χ2n) is 8.92. The van der Waals surface area contributed by atoms with E-state index in [1.807, 2.05) is 24.9 Å². The van der Waals surface area contributed by atoms with Gasteiger partial charge in [0.2, 0.25) is 6.29 Å². The van der Waals surface area contributed by atoms with Gasteiger partial charge in [-0.15, -0.1) is 11.3 Å². The van der Waals surface area contributed by atoms with Crippen LogP contribution in [0.3, 0.4) is 0 Å². The molecule has 1 aliphatic carbocycles. The summed E-state index contributed by atoms with van der Waals surface area (Å²) in [6.45, 7) is 2.60. The molecule has 1 N–H and O–H groups in total. The normalized spacial score (nSPS) is 24.2. The van der Waals surface area contributed by atoms with E-state index in [-0.39, 0.29) is 30.4 Å². The Morgan fingerprint density at radius 3 is 2.78 bits per heavy atom. The van der Waals surface area contributed by atoms with E-state index in [1.165, 1.54) is 34.9 Å². The Morgan fingerprint density at radius 2 is 2.03 bits per heavy atom. The minimum absolute atomic E-state index is 0.00158. The lowest BCUT2D eigenvalue weighted by atomic mass is 9.80. The molecular formula is C26H35NO4S. The van der Waals surface area contributed by atoms with Crippen molar-refractivity contribution in [3.8, 4) is 0 Å². The summed E-state index contributed by atoms with van der Waals surface area (Å²) < 4.78 is 13.5. The van der Waals surface area contributed by atoms with Crippen molar-refractivity contribution in [3.63, 3.8) is 0 Å². The summed E-state index contributed by atoms with van der Waals surface area (Å²) in [6, 6.07) is 8.69. The van der Waals surface area contributed by atoms with Crippen LogP contribution in [-0.4, -0.2) is 48.5 Å². The number of thiophene rings is 1. The van der Waals surface area contributed by atoms with E-state index in [4.69, 9.17) is 9.47 Å². The van der Waals surface area contributed by atoms with Crippen LogP contribution in [0, 0.1) is 5.92 Å². The van der Waals surface area contributed by atoms with Gasteiger partial charge in [-0.25, -0.2) is 0 Å². The van der Waals surface area contributed by atoms with Gasteiger partial charge in [-0.1, -0.05) is 37.5 Å². The first-order valence-electron chi connectivity index (χ1n) is 12.0. The molecule has 1 aromatic carbocycles. The fourth-order valence-corrected chi connectivity index (χ4v) is 6.19. The molecule has 0 spiro atoms. The number of likely N-dealkylation sites (N-methyl/N-ethyl adjacent to an activating group) is 1. The van der Waals surface area contributed by atoms with Gasteiger partial charge in [0.05, 0.1) is 0 Å². The molecule has 4 rings (SSSR count). The third kappa shape index (κ3) is 4.87. The van der Waals surface area contributed by atoms with E-state index < -0.39 is 6.29 Å². The molecule has 1 aliphatic heterocycles. The lowest BCUT2D eigenvalue weighted by Crippen LogP contribution is -2.43. The largest absolute Gasteiger partial charge is 0.459 e. The number of ether oxygens (including phenoxy) is 2. The average Bonchev–Trinajstić information content (AvgIpc) is 3.26. The number of allylic oxidation sites excluding steroid dienone is 1. The molecule has 1 amide bonds. The van der Waals surface area contributed by atoms with Crippen molar-refractivity contribution >= 4 is 27.3 Å². The third-order valence-electron chi connectivity index (χ3n) is 6.94. The van der Waals surface area contributed by atoms with Gasteiger partial charge in [-0.05, 0) is 61.1 Å². The molecule has 32 heavy (non-hydrogen) atoms. The Hall–Kier alpha value is -1.89. The van der Waals surface area contributed by atoms with E-state index in [0.29, 0.717) is 18.8 Å². The predicted molar refractivity (Wildman–Crippen MR) is 129 cm³/mol. The molecule has 1 fully saturated rings. The summed E-state index contributed by atoms with van der Waals surface area (Å²) in [4.78, 5) is 15.4. The lowest BCUT2D eigenvalue weighted by molar-refractivity contribution is -0.170. The summed E-state index contributed by atoms with van der Waals surface area (Å²) in [6.07, 6.45) is 8.69. The number of carbonyl (C=O) groups excluding carboxylic acids is 1. The Morgan fingerprint density at radius 1 is 1.25 bits per heavy atom. The Kier molecular flexibility index (Phi) is 7.87. The summed E-state index contributed by atoms with van der Waals surface area (Å²) >= 11 is 1.73. The van der Waals surface area contributed by atoms with Gasteiger partial charge in [-0.2, -0.15) is 0 Å². The van der Waals surface area contributed by atoms with Crippen LogP contribution in [0.2, 0.25) is 0 Å². The number of hydrogen-bond acceptors (Lipinski definition) is 5. The number of amides is 1. The smallest absolute Gasteiger partial charge is 0.288 e. The van der Waals surface area contributed by atoms with Crippen LogP contribution in [0.15, 0.2) is 41.5 Å². The topological polar surface area (TPSA) is 59.0 Å². The van der Waals surface area contributed by atoms with Crippen molar-refractivity contribution < 1.29 is 19.4 Å². The standard InChI is InChI=1S/C26H35NO4S/c1-3-30-26-20(13-9-15-28)21(22-17-32-24-14-8-7-12-19(22)24)16-23(31-26)25(29)27(2)18-10-5-4-6-11-18/h7-8,12,14,16-18,20-21,26,28H,3-6,9-11,13,15H2,1-2H3/t20-,21+,26-/m0/s1. The number of nitrogens with zero attached hydrogens (tertiary/aromatic N) is 1. The van der Waals surface area contributed by atoms with E-state index in [2.05, 4.69) is 29.6 Å². The Balaban J connectivity index is 1.70. The second kappa shape index (κ2) is 10.8. The first-order valence-corrected chi connectivity index (χ1v) is 12.9. The molecule has 174 valence electrons. The molecule has 1 saturated carbocycles. The fourth-order valence-electron chi connectivity index (χ4n) is 5.18. The van der Waals surface area contributed by atoms with Crippen molar-refractivity contribution in [1.29, 1.82) is 0 Å². The van der Waals surface area contributed by atoms with Gasteiger partial charge in [-0.3, -0.25) is 4.79 Å². The van der Waals surface area contributed by atoms with Crippen molar-refractivity contribution in [2.75, 3.05) is 20.3 Å². The molecule has 0 saturated heterocycles. The van der Waals surface area contributed by atoms with E-state index in [1.54, 1.807) is 11.3 Å². The van der Waals surface area contributed by atoms with Crippen molar-refractivity contribution in [3.05, 3.63) is 47.0 Å². The highest BCUT2D eigenvalue weighted by Gasteiger charge is 2.40. The van der Waals surface area contributed by atoms with E-state index >= 15 is 0 Å². The number of aliphatic hydroxyl groups excluding tert-OH is 1. The molecule has 5 nitrogen and oxygen atoms in total. The number of carbonyl (C=O) groups is 1. The van der Waals surface area contributed by atoms with Crippen LogP contribution in [-0.2, 0) is 14.3 Å². The monoisotopic (exact) mass is 457 g/mol. The zero-order valence-electron chi connectivity index (χ0n) is 19.2. The first kappa shape index (κ1) is 23.3. The van der Waals surface area contributed by atoms with E-state index in [0.717, 1.165) is 19.3 Å². The summed E-state index contributed by atoms with van der Waals surface area (Å²) in [7, 11) is 1.91. The molecule has 2 heterocycles. The SMILES string of the molecule is CCO[C@H]1OC(C(=O)N(C)C2CCCCC2)=C[C@@H](c2csc3ccccc23)[C@@H]1CCCO. The van der Waals surface area contributed by atoms with Gasteiger partial charge in [0, 0.05) is 42.8 Å². The van der Waals surface area contributed by atoms with Crippen LogP contribution in [0.1, 0.15) is 63.4 Å². The molecule has 2 aliphatic rings. The van der Waals surface area contributed by atoms with Crippen LogP contribution in [0.25, 0.3) is 10.1 Å². The van der Waals surface area contributed by atoms with E-state index in [9.17, 15) is 9.90 Å². The van der Waals surface area contributed by atoms with Crippen molar-refractivity contribution in [2.45, 2.75) is 70.1 Å². The maximum Gasteiger partial charge on any atom is 0.288 e. The average molecular weight is 458 g/mol. The molecule has 0 bridgehead atoms. The Bertz CT molecular complexity index is 933. The van der Waals surface area contributed by atoms with Crippen molar-refractivity contribution in [1.82, 2.24) is 4.90 Å². The quantitative estimate of drug-likeness (QED) is 0.573. The van der Waals surface area contributed by atoms with Gasteiger partial charge >= 0.3 is 0 Å². The fraction of sp³-hybridized carbons (Fsp3) is 0.577.